The highest BCUT2D eigenvalue weighted by Crippen LogP contribution is 2.38. The lowest BCUT2D eigenvalue weighted by molar-refractivity contribution is -0.384. The monoisotopic (exact) mass is 326 g/mol. The Hall–Kier alpha value is -2.70. The van der Waals surface area contributed by atoms with Gasteiger partial charge in [-0.3, -0.25) is 14.9 Å². The summed E-state index contributed by atoms with van der Waals surface area (Å²) >= 11 is 0. The Morgan fingerprint density at radius 3 is 2.79 bits per heavy atom. The fourth-order valence-corrected chi connectivity index (χ4v) is 3.86. The summed E-state index contributed by atoms with van der Waals surface area (Å²) in [5.74, 6) is 1.08. The van der Waals surface area contributed by atoms with Crippen molar-refractivity contribution in [3.05, 3.63) is 40.4 Å². The number of non-ortho nitro benzene ring substituents is 1. The minimum atomic E-state index is -0.398. The van der Waals surface area contributed by atoms with Gasteiger partial charge in [-0.2, -0.15) is 0 Å². The molecule has 1 atom stereocenters. The molecule has 2 fully saturated rings. The van der Waals surface area contributed by atoms with Gasteiger partial charge in [-0.1, -0.05) is 0 Å². The molecule has 0 radical (unpaired) electrons. The van der Waals surface area contributed by atoms with Crippen LogP contribution in [-0.2, 0) is 4.79 Å². The molecular weight excluding hydrogens is 308 g/mol. The highest BCUT2D eigenvalue weighted by atomic mass is 16.6. The smallest absolute Gasteiger partial charge is 0.270 e. The van der Waals surface area contributed by atoms with Crippen molar-refractivity contribution in [2.24, 2.45) is 0 Å². The minimum absolute atomic E-state index is 0.0663. The number of carbonyl (C=O) groups excluding carboxylic acids is 1. The number of nitro groups is 1. The number of pyridine rings is 1. The van der Waals surface area contributed by atoms with Crippen molar-refractivity contribution in [2.75, 3.05) is 25.0 Å². The number of fused-ring (bicyclic) bond motifs is 1. The number of hydrogen-bond donors (Lipinski definition) is 0. The van der Waals surface area contributed by atoms with Crippen molar-refractivity contribution in [1.82, 2.24) is 9.88 Å². The highest BCUT2D eigenvalue weighted by Gasteiger charge is 2.47. The zero-order chi connectivity index (χ0) is 16.9. The molecule has 2 aromatic rings. The average molecular weight is 326 g/mol. The van der Waals surface area contributed by atoms with Gasteiger partial charge in [-0.15, -0.1) is 0 Å². The number of aromatic nitrogens is 1. The van der Waals surface area contributed by atoms with E-state index in [1.165, 1.54) is 6.07 Å². The molecule has 1 amide bonds. The number of nitrogens with zero attached hydrogens (tertiary/aromatic N) is 4. The van der Waals surface area contributed by atoms with Crippen molar-refractivity contribution in [3.63, 3.8) is 0 Å². The molecule has 4 rings (SSSR count). The van der Waals surface area contributed by atoms with E-state index in [1.54, 1.807) is 12.1 Å². The van der Waals surface area contributed by atoms with Gasteiger partial charge < -0.3 is 9.80 Å². The average Bonchev–Trinajstić information content (AvgIpc) is 3.14. The first-order valence-corrected chi connectivity index (χ1v) is 8.05. The van der Waals surface area contributed by atoms with Crippen LogP contribution >= 0.6 is 0 Å². The Labute approximate surface area is 139 Å². The van der Waals surface area contributed by atoms with Crippen molar-refractivity contribution in [1.29, 1.82) is 0 Å². The quantitative estimate of drug-likeness (QED) is 0.625. The standard InChI is InChI=1S/C17H18N4O3/c1-19-16(22)6-7-17(19)8-9-20(11-17)15-5-2-12-10-13(21(23)24)3-4-14(12)18-15/h2-5,10H,6-9,11H2,1H3. The molecule has 2 aliphatic rings. The van der Waals surface area contributed by atoms with Crippen molar-refractivity contribution < 1.29 is 9.72 Å². The van der Waals surface area contributed by atoms with Crippen molar-refractivity contribution >= 4 is 28.3 Å². The van der Waals surface area contributed by atoms with Crippen LogP contribution in [0.1, 0.15) is 19.3 Å². The number of rotatable bonds is 2. The number of likely N-dealkylation sites (tertiary alicyclic amines) is 1. The third kappa shape index (κ3) is 2.19. The van der Waals surface area contributed by atoms with Gasteiger partial charge >= 0.3 is 0 Å². The van der Waals surface area contributed by atoms with Crippen LogP contribution in [0.15, 0.2) is 30.3 Å². The highest BCUT2D eigenvalue weighted by molar-refractivity contribution is 5.83. The van der Waals surface area contributed by atoms with Crippen LogP contribution in [0, 0.1) is 10.1 Å². The van der Waals surface area contributed by atoms with Gasteiger partial charge in [0.05, 0.1) is 16.0 Å². The van der Waals surface area contributed by atoms with Gasteiger partial charge in [0.15, 0.2) is 0 Å². The normalized spacial score (nSPS) is 23.6. The zero-order valence-electron chi connectivity index (χ0n) is 13.4. The largest absolute Gasteiger partial charge is 0.354 e. The lowest BCUT2D eigenvalue weighted by Gasteiger charge is -2.32. The van der Waals surface area contributed by atoms with E-state index < -0.39 is 4.92 Å². The summed E-state index contributed by atoms with van der Waals surface area (Å²) in [6.45, 7) is 1.66. The van der Waals surface area contributed by atoms with E-state index in [0.717, 1.165) is 42.7 Å². The molecule has 1 unspecified atom stereocenters. The molecule has 0 saturated carbocycles. The van der Waals surface area contributed by atoms with Gasteiger partial charge in [0.2, 0.25) is 5.91 Å². The van der Waals surface area contributed by atoms with E-state index in [1.807, 2.05) is 24.1 Å². The second-order valence-corrected chi connectivity index (χ2v) is 6.65. The Bertz CT molecular complexity index is 853. The van der Waals surface area contributed by atoms with Crippen LogP contribution in [0.4, 0.5) is 11.5 Å². The van der Waals surface area contributed by atoms with Crippen LogP contribution in [0.2, 0.25) is 0 Å². The minimum Gasteiger partial charge on any atom is -0.354 e. The van der Waals surface area contributed by atoms with Gasteiger partial charge in [-0.25, -0.2) is 4.98 Å². The summed E-state index contributed by atoms with van der Waals surface area (Å²) in [5.41, 5.74) is 0.751. The number of hydrogen-bond acceptors (Lipinski definition) is 5. The van der Waals surface area contributed by atoms with Gasteiger partial charge in [0.1, 0.15) is 5.82 Å². The summed E-state index contributed by atoms with van der Waals surface area (Å²) in [5, 5.41) is 11.6. The Morgan fingerprint density at radius 1 is 1.25 bits per heavy atom. The van der Waals surface area contributed by atoms with Crippen LogP contribution < -0.4 is 4.90 Å². The van der Waals surface area contributed by atoms with E-state index in [4.69, 9.17) is 0 Å². The molecule has 0 bridgehead atoms. The molecule has 124 valence electrons. The molecule has 7 nitrogen and oxygen atoms in total. The summed E-state index contributed by atoms with van der Waals surface area (Å²) in [6, 6.07) is 8.49. The molecule has 2 saturated heterocycles. The summed E-state index contributed by atoms with van der Waals surface area (Å²) in [7, 11) is 1.89. The molecule has 24 heavy (non-hydrogen) atoms. The summed E-state index contributed by atoms with van der Waals surface area (Å²) in [6.07, 6.45) is 2.48. The van der Waals surface area contributed by atoms with Crippen LogP contribution in [0.5, 0.6) is 0 Å². The third-order valence-corrected chi connectivity index (χ3v) is 5.41. The SMILES string of the molecule is CN1C(=O)CCC12CCN(c1ccc3cc([N+](=O)[O-])ccc3n1)C2. The second kappa shape index (κ2) is 5.15. The van der Waals surface area contributed by atoms with Crippen LogP contribution in [0.25, 0.3) is 10.9 Å². The third-order valence-electron chi connectivity index (χ3n) is 5.41. The topological polar surface area (TPSA) is 79.6 Å². The Balaban J connectivity index is 1.62. The molecule has 7 heteroatoms. The van der Waals surface area contributed by atoms with E-state index in [-0.39, 0.29) is 17.1 Å². The van der Waals surface area contributed by atoms with Crippen LogP contribution in [0.3, 0.4) is 0 Å². The maximum absolute atomic E-state index is 11.9. The summed E-state index contributed by atoms with van der Waals surface area (Å²) in [4.78, 5) is 31.1. The van der Waals surface area contributed by atoms with Gasteiger partial charge in [0.25, 0.3) is 5.69 Å². The maximum Gasteiger partial charge on any atom is 0.270 e. The number of benzene rings is 1. The van der Waals surface area contributed by atoms with E-state index in [0.29, 0.717) is 6.42 Å². The lowest BCUT2D eigenvalue weighted by atomic mass is 9.96. The maximum atomic E-state index is 11.9. The van der Waals surface area contributed by atoms with E-state index >= 15 is 0 Å². The number of likely N-dealkylation sites (N-methyl/N-ethyl adjacent to an activating group) is 1. The Morgan fingerprint density at radius 2 is 2.08 bits per heavy atom. The van der Waals surface area contributed by atoms with Gasteiger partial charge in [0, 0.05) is 44.1 Å². The molecule has 0 N–H and O–H groups in total. The summed E-state index contributed by atoms with van der Waals surface area (Å²) < 4.78 is 0. The molecule has 1 aromatic carbocycles. The first kappa shape index (κ1) is 14.9. The number of anilines is 1. The van der Waals surface area contributed by atoms with E-state index in [9.17, 15) is 14.9 Å². The van der Waals surface area contributed by atoms with Crippen molar-refractivity contribution in [3.8, 4) is 0 Å². The fraction of sp³-hybridized carbons (Fsp3) is 0.412. The van der Waals surface area contributed by atoms with E-state index in [2.05, 4.69) is 9.88 Å². The molecule has 1 aromatic heterocycles. The predicted octanol–water partition coefficient (Wildman–Crippen LogP) is 2.34. The van der Waals surface area contributed by atoms with Crippen molar-refractivity contribution in [2.45, 2.75) is 24.8 Å². The fourth-order valence-electron chi connectivity index (χ4n) is 3.86. The zero-order valence-corrected chi connectivity index (χ0v) is 13.4. The molecule has 2 aliphatic heterocycles. The first-order chi connectivity index (χ1) is 11.5. The molecular formula is C17H18N4O3. The number of amides is 1. The molecule has 1 spiro atoms. The van der Waals surface area contributed by atoms with Gasteiger partial charge in [-0.05, 0) is 31.0 Å². The Kier molecular flexibility index (Phi) is 3.19. The molecule has 3 heterocycles. The first-order valence-electron chi connectivity index (χ1n) is 8.05. The van der Waals surface area contributed by atoms with Crippen LogP contribution in [-0.4, -0.2) is 46.4 Å². The predicted molar refractivity (Wildman–Crippen MR) is 90.0 cm³/mol. The molecule has 0 aliphatic carbocycles. The second-order valence-electron chi connectivity index (χ2n) is 6.65. The number of carbonyl (C=O) groups is 1. The lowest BCUT2D eigenvalue weighted by Crippen LogP contribution is -2.45. The number of nitro benzene ring substituents is 1.